The van der Waals surface area contributed by atoms with E-state index < -0.39 is 0 Å². The fourth-order valence-corrected chi connectivity index (χ4v) is 3.43. The van der Waals surface area contributed by atoms with Gasteiger partial charge in [-0.25, -0.2) is 4.79 Å². The first-order valence-corrected chi connectivity index (χ1v) is 10.7. The Morgan fingerprint density at radius 2 is 1.72 bits per heavy atom. The minimum Gasteiger partial charge on any atom is -0.462 e. The van der Waals surface area contributed by atoms with Crippen LogP contribution >= 0.6 is 0 Å². The number of hydrogen-bond donors (Lipinski definition) is 0. The Labute approximate surface area is 187 Å². The van der Waals surface area contributed by atoms with E-state index in [0.717, 1.165) is 34.7 Å². The Kier molecular flexibility index (Phi) is 6.48. The minimum atomic E-state index is -0.317. The van der Waals surface area contributed by atoms with Crippen LogP contribution < -0.4 is 0 Å². The normalized spacial score (nSPS) is 11.3. The maximum absolute atomic E-state index is 12.1. The van der Waals surface area contributed by atoms with Gasteiger partial charge in [0, 0.05) is 5.56 Å². The standard InChI is InChI=1S/C28H23NO3/c1-2-3-16-31-28(30)22-11-9-21(10-12-22)27-15-14-26(32-27)18-25(19-29)24-13-8-20-6-4-5-7-23(20)17-24/h4-15,17-18H,2-3,16H2,1H3/b25-18-. The quantitative estimate of drug-likeness (QED) is 0.181. The first kappa shape index (κ1) is 21.1. The number of nitrogens with zero attached hydrogens (tertiary/aromatic N) is 1. The number of unbranched alkanes of at least 4 members (excludes halogenated alkanes) is 1. The van der Waals surface area contributed by atoms with Crippen LogP contribution in [0, 0.1) is 11.3 Å². The van der Waals surface area contributed by atoms with Gasteiger partial charge < -0.3 is 9.15 Å². The van der Waals surface area contributed by atoms with Crippen LogP contribution in [0.25, 0.3) is 33.7 Å². The average molecular weight is 421 g/mol. The molecule has 0 aliphatic rings. The molecule has 0 amide bonds. The fraction of sp³-hybridized carbons (Fsp3) is 0.143. The van der Waals surface area contributed by atoms with Gasteiger partial charge in [-0.1, -0.05) is 61.9 Å². The third-order valence-corrected chi connectivity index (χ3v) is 5.23. The number of nitriles is 1. The highest BCUT2D eigenvalue weighted by atomic mass is 16.5. The Morgan fingerprint density at radius 1 is 0.969 bits per heavy atom. The van der Waals surface area contributed by atoms with Crippen molar-refractivity contribution in [3.05, 3.63) is 95.7 Å². The number of esters is 1. The smallest absolute Gasteiger partial charge is 0.338 e. The van der Waals surface area contributed by atoms with E-state index in [1.54, 1.807) is 18.2 Å². The van der Waals surface area contributed by atoms with E-state index in [9.17, 15) is 10.1 Å². The summed E-state index contributed by atoms with van der Waals surface area (Å²) in [4.78, 5) is 12.1. The van der Waals surface area contributed by atoms with Crippen LogP contribution in [0.4, 0.5) is 0 Å². The Bertz CT molecular complexity index is 1310. The van der Waals surface area contributed by atoms with E-state index in [4.69, 9.17) is 9.15 Å². The van der Waals surface area contributed by atoms with Gasteiger partial charge in [-0.2, -0.15) is 5.26 Å². The van der Waals surface area contributed by atoms with E-state index in [1.807, 2.05) is 66.7 Å². The van der Waals surface area contributed by atoms with Gasteiger partial charge in [-0.15, -0.1) is 0 Å². The Balaban J connectivity index is 1.53. The second-order valence-electron chi connectivity index (χ2n) is 7.50. The SMILES string of the molecule is CCCCOC(=O)c1ccc(-c2ccc(/C=C(/C#N)c3ccc4ccccc4c3)o2)cc1. The second-order valence-corrected chi connectivity index (χ2v) is 7.50. The summed E-state index contributed by atoms with van der Waals surface area (Å²) in [6.07, 6.45) is 3.58. The van der Waals surface area contributed by atoms with Crippen molar-refractivity contribution >= 4 is 28.4 Å². The number of carbonyl (C=O) groups is 1. The van der Waals surface area contributed by atoms with Crippen molar-refractivity contribution in [3.63, 3.8) is 0 Å². The summed E-state index contributed by atoms with van der Waals surface area (Å²) in [5.74, 6) is 0.938. The third kappa shape index (κ3) is 4.79. The first-order valence-electron chi connectivity index (χ1n) is 10.7. The van der Waals surface area contributed by atoms with E-state index >= 15 is 0 Å². The van der Waals surface area contributed by atoms with Gasteiger partial charge >= 0.3 is 5.97 Å². The van der Waals surface area contributed by atoms with Crippen molar-refractivity contribution in [1.29, 1.82) is 5.26 Å². The van der Waals surface area contributed by atoms with Gasteiger partial charge in [0.25, 0.3) is 0 Å². The van der Waals surface area contributed by atoms with Crippen molar-refractivity contribution < 1.29 is 13.9 Å². The van der Waals surface area contributed by atoms with Crippen molar-refractivity contribution in [3.8, 4) is 17.4 Å². The summed E-state index contributed by atoms with van der Waals surface area (Å²) in [7, 11) is 0. The molecular formula is C28H23NO3. The predicted molar refractivity (Wildman–Crippen MR) is 127 cm³/mol. The lowest BCUT2D eigenvalue weighted by atomic mass is 10.0. The molecule has 0 aliphatic heterocycles. The lowest BCUT2D eigenvalue weighted by Crippen LogP contribution is -2.05. The number of hydrogen-bond acceptors (Lipinski definition) is 4. The topological polar surface area (TPSA) is 63.2 Å². The lowest BCUT2D eigenvalue weighted by molar-refractivity contribution is 0.0500. The molecule has 0 radical (unpaired) electrons. The molecule has 0 saturated heterocycles. The monoisotopic (exact) mass is 421 g/mol. The van der Waals surface area contributed by atoms with Crippen LogP contribution in [-0.4, -0.2) is 12.6 Å². The summed E-state index contributed by atoms with van der Waals surface area (Å²) >= 11 is 0. The Hall–Kier alpha value is -4.10. The molecule has 0 fully saturated rings. The van der Waals surface area contributed by atoms with Gasteiger partial charge in [0.1, 0.15) is 11.5 Å². The highest BCUT2D eigenvalue weighted by Crippen LogP contribution is 2.27. The van der Waals surface area contributed by atoms with Crippen molar-refractivity contribution in [2.45, 2.75) is 19.8 Å². The van der Waals surface area contributed by atoms with Crippen LogP contribution in [0.3, 0.4) is 0 Å². The maximum Gasteiger partial charge on any atom is 0.338 e. The molecule has 1 aromatic heterocycles. The molecule has 0 unspecified atom stereocenters. The van der Waals surface area contributed by atoms with Gasteiger partial charge in [0.2, 0.25) is 0 Å². The molecule has 0 spiro atoms. The zero-order valence-electron chi connectivity index (χ0n) is 17.9. The van der Waals surface area contributed by atoms with Crippen molar-refractivity contribution in [1.82, 2.24) is 0 Å². The van der Waals surface area contributed by atoms with Gasteiger partial charge in [-0.3, -0.25) is 0 Å². The highest BCUT2D eigenvalue weighted by Gasteiger charge is 2.10. The van der Waals surface area contributed by atoms with Crippen LogP contribution in [-0.2, 0) is 4.74 Å². The van der Waals surface area contributed by atoms with Gasteiger partial charge in [-0.05, 0) is 59.2 Å². The number of fused-ring (bicyclic) bond motifs is 1. The predicted octanol–water partition coefficient (Wildman–Crippen LogP) is 7.12. The lowest BCUT2D eigenvalue weighted by Gasteiger charge is -2.04. The molecule has 4 heteroatoms. The molecule has 0 N–H and O–H groups in total. The third-order valence-electron chi connectivity index (χ3n) is 5.23. The molecule has 0 atom stereocenters. The summed E-state index contributed by atoms with van der Waals surface area (Å²) in [5, 5.41) is 11.9. The van der Waals surface area contributed by atoms with Gasteiger partial charge in [0.05, 0.1) is 23.8 Å². The molecule has 4 aromatic rings. The second kappa shape index (κ2) is 9.80. The molecule has 4 rings (SSSR count). The van der Waals surface area contributed by atoms with Crippen LogP contribution in [0.5, 0.6) is 0 Å². The molecule has 0 saturated carbocycles. The number of furan rings is 1. The van der Waals surface area contributed by atoms with E-state index in [0.29, 0.717) is 29.3 Å². The van der Waals surface area contributed by atoms with E-state index in [-0.39, 0.29) is 5.97 Å². The van der Waals surface area contributed by atoms with Crippen LogP contribution in [0.15, 0.2) is 83.3 Å². The number of benzene rings is 3. The summed E-state index contributed by atoms with van der Waals surface area (Å²) < 4.78 is 11.2. The van der Waals surface area contributed by atoms with Crippen LogP contribution in [0.1, 0.15) is 41.4 Å². The summed E-state index contributed by atoms with van der Waals surface area (Å²) in [6.45, 7) is 2.49. The minimum absolute atomic E-state index is 0.317. The first-order chi connectivity index (χ1) is 15.7. The zero-order valence-corrected chi connectivity index (χ0v) is 17.9. The van der Waals surface area contributed by atoms with Crippen molar-refractivity contribution in [2.24, 2.45) is 0 Å². The van der Waals surface area contributed by atoms with Crippen LogP contribution in [0.2, 0.25) is 0 Å². The molecule has 3 aromatic carbocycles. The van der Waals surface area contributed by atoms with Crippen molar-refractivity contribution in [2.75, 3.05) is 6.61 Å². The largest absolute Gasteiger partial charge is 0.462 e. The summed E-state index contributed by atoms with van der Waals surface area (Å²) in [5.41, 5.74) is 2.73. The number of allylic oxidation sites excluding steroid dienone is 1. The Morgan fingerprint density at radius 3 is 2.47 bits per heavy atom. The molecule has 4 nitrogen and oxygen atoms in total. The molecular weight excluding hydrogens is 398 g/mol. The number of carbonyl (C=O) groups excluding carboxylic acids is 1. The molecule has 1 heterocycles. The molecule has 158 valence electrons. The molecule has 0 aliphatic carbocycles. The maximum atomic E-state index is 12.1. The zero-order chi connectivity index (χ0) is 22.3. The highest BCUT2D eigenvalue weighted by molar-refractivity contribution is 5.94. The van der Waals surface area contributed by atoms with E-state index in [1.165, 1.54) is 0 Å². The number of ether oxygens (including phenoxy) is 1. The molecule has 32 heavy (non-hydrogen) atoms. The fourth-order valence-electron chi connectivity index (χ4n) is 3.43. The van der Waals surface area contributed by atoms with Gasteiger partial charge in [0.15, 0.2) is 0 Å². The number of rotatable bonds is 7. The van der Waals surface area contributed by atoms with E-state index in [2.05, 4.69) is 13.0 Å². The summed E-state index contributed by atoms with van der Waals surface area (Å²) in [6, 6.07) is 27.1. The average Bonchev–Trinajstić information content (AvgIpc) is 3.31. The molecule has 0 bridgehead atoms.